The van der Waals surface area contributed by atoms with E-state index in [1.807, 2.05) is 0 Å². The molecule has 8 aromatic carbocycles. The third-order valence-electron chi connectivity index (χ3n) is 11.8. The van der Waals surface area contributed by atoms with E-state index in [-0.39, 0.29) is 10.8 Å². The smallest absolute Gasteiger partial charge is 0.0546 e. The van der Waals surface area contributed by atoms with Gasteiger partial charge in [0.25, 0.3) is 0 Å². The molecule has 1 heteroatoms. The van der Waals surface area contributed by atoms with Gasteiger partial charge in [-0.1, -0.05) is 155 Å². The molecule has 0 unspecified atom stereocenters. The van der Waals surface area contributed by atoms with Gasteiger partial charge >= 0.3 is 0 Å². The summed E-state index contributed by atoms with van der Waals surface area (Å²) in [6.07, 6.45) is 0. The minimum atomic E-state index is -0.168. The Kier molecular flexibility index (Phi) is 6.34. The number of nitrogens with zero attached hydrogens (tertiary/aromatic N) is 1. The SMILES string of the molecule is CC1(C)c2ccccc2-c2ccc(N(c3ccccc3)c3ccc4cccc5c4c3-c3cc(-c4cccc6ccccc46)ccc3C5(C)C)cc21. The standard InChI is InChI=1S/C50H39N/c1-49(2)43-28-24-34(38-21-12-15-32-14-8-9-19-37(32)38)30-41(43)48-46(29-25-33-16-13-23-44(49)47(33)48)51(35-17-6-5-7-18-35)36-26-27-40-39-20-10-11-22-42(39)50(3,4)45(40)31-36/h5-31H,1-4H3. The Morgan fingerprint density at radius 1 is 0.392 bits per heavy atom. The zero-order chi connectivity index (χ0) is 34.5. The second kappa shape index (κ2) is 10.8. The van der Waals surface area contributed by atoms with Crippen molar-refractivity contribution in [3.8, 4) is 33.4 Å². The van der Waals surface area contributed by atoms with Gasteiger partial charge in [0.2, 0.25) is 0 Å². The van der Waals surface area contributed by atoms with Crippen LogP contribution < -0.4 is 4.90 Å². The summed E-state index contributed by atoms with van der Waals surface area (Å²) in [5.41, 5.74) is 16.5. The third kappa shape index (κ3) is 4.28. The molecule has 0 aromatic heterocycles. The van der Waals surface area contributed by atoms with Gasteiger partial charge in [-0.3, -0.25) is 0 Å². The summed E-state index contributed by atoms with van der Waals surface area (Å²) in [6.45, 7) is 9.52. The van der Waals surface area contributed by atoms with Crippen LogP contribution in [0, 0.1) is 0 Å². The molecule has 0 aliphatic heterocycles. The van der Waals surface area contributed by atoms with Crippen LogP contribution >= 0.6 is 0 Å². The number of para-hydroxylation sites is 1. The number of fused-ring (bicyclic) bond motifs is 6. The van der Waals surface area contributed by atoms with E-state index in [1.54, 1.807) is 0 Å². The topological polar surface area (TPSA) is 3.24 Å². The summed E-state index contributed by atoms with van der Waals surface area (Å²) in [6, 6.07) is 61.1. The van der Waals surface area contributed by atoms with Crippen LogP contribution in [-0.4, -0.2) is 0 Å². The van der Waals surface area contributed by atoms with Crippen LogP contribution in [0.4, 0.5) is 17.1 Å². The Morgan fingerprint density at radius 2 is 1.04 bits per heavy atom. The molecule has 2 aliphatic rings. The highest BCUT2D eigenvalue weighted by Gasteiger charge is 2.38. The molecule has 0 radical (unpaired) electrons. The van der Waals surface area contributed by atoms with Crippen LogP contribution in [0.25, 0.3) is 54.9 Å². The monoisotopic (exact) mass is 653 g/mol. The second-order valence-electron chi connectivity index (χ2n) is 15.3. The van der Waals surface area contributed by atoms with Crippen molar-refractivity contribution in [2.75, 3.05) is 4.90 Å². The predicted molar refractivity (Wildman–Crippen MR) is 217 cm³/mol. The van der Waals surface area contributed by atoms with Crippen LogP contribution in [0.15, 0.2) is 164 Å². The number of anilines is 3. The van der Waals surface area contributed by atoms with Gasteiger partial charge in [-0.2, -0.15) is 0 Å². The third-order valence-corrected chi connectivity index (χ3v) is 11.8. The summed E-state index contributed by atoms with van der Waals surface area (Å²) < 4.78 is 0. The summed E-state index contributed by atoms with van der Waals surface area (Å²) in [4.78, 5) is 2.50. The van der Waals surface area contributed by atoms with Gasteiger partial charge in [-0.25, -0.2) is 0 Å². The number of benzene rings is 8. The molecule has 8 aromatic rings. The first-order valence-corrected chi connectivity index (χ1v) is 18.1. The van der Waals surface area contributed by atoms with E-state index in [0.717, 1.165) is 5.69 Å². The van der Waals surface area contributed by atoms with Crippen LogP contribution in [0.3, 0.4) is 0 Å². The van der Waals surface area contributed by atoms with E-state index in [4.69, 9.17) is 0 Å². The van der Waals surface area contributed by atoms with E-state index in [2.05, 4.69) is 196 Å². The Bertz CT molecular complexity index is 2690. The summed E-state index contributed by atoms with van der Waals surface area (Å²) >= 11 is 0. The molecular formula is C50H39N. The van der Waals surface area contributed by atoms with Gasteiger partial charge in [0.15, 0.2) is 0 Å². The molecule has 1 nitrogen and oxygen atoms in total. The van der Waals surface area contributed by atoms with Crippen LogP contribution in [-0.2, 0) is 10.8 Å². The Balaban J connectivity index is 1.27. The fraction of sp³-hybridized carbons (Fsp3) is 0.120. The number of hydrogen-bond acceptors (Lipinski definition) is 1. The van der Waals surface area contributed by atoms with Crippen molar-refractivity contribution in [2.24, 2.45) is 0 Å². The van der Waals surface area contributed by atoms with Gasteiger partial charge in [0.1, 0.15) is 0 Å². The van der Waals surface area contributed by atoms with Crippen molar-refractivity contribution in [3.05, 3.63) is 186 Å². The normalized spacial score (nSPS) is 14.6. The predicted octanol–water partition coefficient (Wildman–Crippen LogP) is 13.7. The van der Waals surface area contributed by atoms with E-state index in [9.17, 15) is 0 Å². The van der Waals surface area contributed by atoms with E-state index < -0.39 is 0 Å². The maximum absolute atomic E-state index is 2.50. The molecule has 244 valence electrons. The maximum atomic E-state index is 2.50. The summed E-state index contributed by atoms with van der Waals surface area (Å²) in [7, 11) is 0. The largest absolute Gasteiger partial charge is 0.310 e. The maximum Gasteiger partial charge on any atom is 0.0546 e. The van der Waals surface area contributed by atoms with Crippen molar-refractivity contribution in [2.45, 2.75) is 38.5 Å². The van der Waals surface area contributed by atoms with Crippen LogP contribution in [0.5, 0.6) is 0 Å². The van der Waals surface area contributed by atoms with Crippen molar-refractivity contribution >= 4 is 38.6 Å². The molecule has 0 saturated heterocycles. The van der Waals surface area contributed by atoms with E-state index >= 15 is 0 Å². The Hall–Kier alpha value is -5.92. The van der Waals surface area contributed by atoms with Gasteiger partial charge in [0.05, 0.1) is 5.69 Å². The second-order valence-corrected chi connectivity index (χ2v) is 15.3. The van der Waals surface area contributed by atoms with E-state index in [0.29, 0.717) is 0 Å². The summed E-state index contributed by atoms with van der Waals surface area (Å²) in [5.74, 6) is 0. The molecule has 0 spiro atoms. The van der Waals surface area contributed by atoms with Crippen molar-refractivity contribution in [1.82, 2.24) is 0 Å². The lowest BCUT2D eigenvalue weighted by atomic mass is 9.67. The Morgan fingerprint density at radius 3 is 1.92 bits per heavy atom. The van der Waals surface area contributed by atoms with Crippen molar-refractivity contribution < 1.29 is 0 Å². The van der Waals surface area contributed by atoms with Crippen LogP contribution in [0.1, 0.15) is 49.9 Å². The first-order valence-electron chi connectivity index (χ1n) is 18.1. The molecule has 0 heterocycles. The number of rotatable bonds is 4. The molecule has 0 amide bonds. The van der Waals surface area contributed by atoms with Gasteiger partial charge < -0.3 is 4.90 Å². The molecule has 0 bridgehead atoms. The lowest BCUT2D eigenvalue weighted by Crippen LogP contribution is -2.24. The minimum absolute atomic E-state index is 0.0981. The molecule has 0 fully saturated rings. The molecule has 10 rings (SSSR count). The van der Waals surface area contributed by atoms with Crippen molar-refractivity contribution in [1.29, 1.82) is 0 Å². The molecule has 0 saturated carbocycles. The molecule has 2 aliphatic carbocycles. The lowest BCUT2D eigenvalue weighted by molar-refractivity contribution is 0.645. The van der Waals surface area contributed by atoms with Gasteiger partial charge in [-0.05, 0) is 108 Å². The van der Waals surface area contributed by atoms with Crippen LogP contribution in [0.2, 0.25) is 0 Å². The highest BCUT2D eigenvalue weighted by atomic mass is 15.1. The molecule has 0 N–H and O–H groups in total. The van der Waals surface area contributed by atoms with Gasteiger partial charge in [-0.15, -0.1) is 0 Å². The zero-order valence-corrected chi connectivity index (χ0v) is 29.5. The number of hydrogen-bond donors (Lipinski definition) is 0. The van der Waals surface area contributed by atoms with Crippen molar-refractivity contribution in [3.63, 3.8) is 0 Å². The quantitative estimate of drug-likeness (QED) is 0.183. The molecule has 51 heavy (non-hydrogen) atoms. The first kappa shape index (κ1) is 29.9. The molecule has 0 atom stereocenters. The fourth-order valence-corrected chi connectivity index (χ4v) is 9.27. The first-order chi connectivity index (χ1) is 24.8. The fourth-order valence-electron chi connectivity index (χ4n) is 9.27. The average molecular weight is 654 g/mol. The minimum Gasteiger partial charge on any atom is -0.310 e. The highest BCUT2D eigenvalue weighted by molar-refractivity contribution is 6.11. The van der Waals surface area contributed by atoms with E-state index in [1.165, 1.54) is 88.6 Å². The Labute approximate surface area is 300 Å². The summed E-state index contributed by atoms with van der Waals surface area (Å²) in [5, 5.41) is 5.16. The average Bonchev–Trinajstić information content (AvgIpc) is 3.39. The molecular weight excluding hydrogens is 615 g/mol. The highest BCUT2D eigenvalue weighted by Crippen LogP contribution is 2.56. The lowest BCUT2D eigenvalue weighted by Gasteiger charge is -2.38. The zero-order valence-electron chi connectivity index (χ0n) is 29.5. The van der Waals surface area contributed by atoms with Gasteiger partial charge in [0, 0.05) is 27.8 Å².